The van der Waals surface area contributed by atoms with Gasteiger partial charge >= 0.3 is 0 Å². The van der Waals surface area contributed by atoms with Crippen molar-refractivity contribution in [1.82, 2.24) is 20.3 Å². The molecule has 1 amide bonds. The average molecular weight is 426 g/mol. The van der Waals surface area contributed by atoms with Crippen LogP contribution < -0.4 is 16.2 Å². The van der Waals surface area contributed by atoms with Gasteiger partial charge in [-0.2, -0.15) is 0 Å². The molecule has 9 heteroatoms. The zero-order valence-electron chi connectivity index (χ0n) is 17.0. The summed E-state index contributed by atoms with van der Waals surface area (Å²) in [5, 5.41) is 3.39. The predicted molar refractivity (Wildman–Crippen MR) is 115 cm³/mol. The van der Waals surface area contributed by atoms with Gasteiger partial charge in [0.2, 0.25) is 7.37 Å². The summed E-state index contributed by atoms with van der Waals surface area (Å²) in [6.07, 6.45) is 2.83. The van der Waals surface area contributed by atoms with Gasteiger partial charge in [-0.15, -0.1) is 0 Å². The summed E-state index contributed by atoms with van der Waals surface area (Å²) < 4.78 is 17.8. The fraction of sp³-hybridized carbons (Fsp3) is 0.238. The molecule has 2 atom stereocenters. The number of benzene rings is 1. The Morgan fingerprint density at radius 2 is 1.93 bits per heavy atom. The minimum absolute atomic E-state index is 0.0902. The fourth-order valence-electron chi connectivity index (χ4n) is 2.90. The molecule has 0 radical (unpaired) electrons. The first-order chi connectivity index (χ1) is 14.3. The molecule has 2 aromatic heterocycles. The summed E-state index contributed by atoms with van der Waals surface area (Å²) in [4.78, 5) is 35.8. The number of hydrogen-bond acceptors (Lipinski definition) is 6. The number of pyridine rings is 1. The number of carbonyl (C=O) groups is 1. The topological polar surface area (TPSA) is 114 Å². The van der Waals surface area contributed by atoms with Crippen molar-refractivity contribution in [3.05, 3.63) is 76.3 Å². The molecule has 0 spiro atoms. The molecule has 0 aliphatic heterocycles. The molecule has 30 heavy (non-hydrogen) atoms. The number of amides is 1. The summed E-state index contributed by atoms with van der Waals surface area (Å²) >= 11 is 0. The van der Waals surface area contributed by atoms with E-state index in [2.05, 4.69) is 20.3 Å². The minimum atomic E-state index is -2.85. The Balaban J connectivity index is 1.73. The number of aromatic nitrogens is 3. The van der Waals surface area contributed by atoms with Crippen LogP contribution in [0.4, 0.5) is 0 Å². The van der Waals surface area contributed by atoms with E-state index in [1.54, 1.807) is 69.2 Å². The molecular weight excluding hydrogens is 403 g/mol. The van der Waals surface area contributed by atoms with Gasteiger partial charge in [-0.25, -0.2) is 4.98 Å². The molecule has 0 aliphatic carbocycles. The van der Waals surface area contributed by atoms with Crippen molar-refractivity contribution in [1.29, 1.82) is 0 Å². The third kappa shape index (κ3) is 4.90. The van der Waals surface area contributed by atoms with Gasteiger partial charge in [0.05, 0.1) is 12.6 Å². The molecule has 1 aromatic carbocycles. The van der Waals surface area contributed by atoms with Crippen LogP contribution in [0.2, 0.25) is 0 Å². The number of H-pyrrole nitrogens is 1. The second-order valence-electron chi connectivity index (χ2n) is 6.74. The van der Waals surface area contributed by atoms with E-state index in [1.165, 1.54) is 6.20 Å². The molecule has 156 valence electrons. The van der Waals surface area contributed by atoms with E-state index in [9.17, 15) is 14.2 Å². The van der Waals surface area contributed by atoms with Gasteiger partial charge in [0.1, 0.15) is 11.3 Å². The highest BCUT2D eigenvalue weighted by atomic mass is 31.2. The minimum Gasteiger partial charge on any atom is -0.345 e. The Morgan fingerprint density at radius 3 is 2.53 bits per heavy atom. The molecule has 0 bridgehead atoms. The van der Waals surface area contributed by atoms with Crippen molar-refractivity contribution < 1.29 is 13.9 Å². The highest BCUT2D eigenvalue weighted by Gasteiger charge is 2.20. The van der Waals surface area contributed by atoms with E-state index in [0.717, 1.165) is 5.56 Å². The lowest BCUT2D eigenvalue weighted by Gasteiger charge is -2.17. The highest BCUT2D eigenvalue weighted by Crippen LogP contribution is 2.41. The maximum Gasteiger partial charge on any atom is 0.264 e. The van der Waals surface area contributed by atoms with Crippen LogP contribution in [0, 0.1) is 0 Å². The van der Waals surface area contributed by atoms with E-state index < -0.39 is 18.8 Å². The molecule has 3 aromatic rings. The smallest absolute Gasteiger partial charge is 0.264 e. The number of nitrogens with zero attached hydrogens (tertiary/aromatic N) is 2. The summed E-state index contributed by atoms with van der Waals surface area (Å²) in [5.74, 6) is -0.248. The van der Waals surface area contributed by atoms with Crippen molar-refractivity contribution in [2.75, 3.05) is 13.3 Å². The Bertz CT molecular complexity index is 1130. The van der Waals surface area contributed by atoms with Gasteiger partial charge in [-0.1, -0.05) is 18.2 Å². The lowest BCUT2D eigenvalue weighted by atomic mass is 10.1. The molecule has 3 rings (SSSR count). The average Bonchev–Trinajstić information content (AvgIpc) is 2.74. The fourth-order valence-corrected chi connectivity index (χ4v) is 4.23. The molecule has 8 nitrogen and oxygen atoms in total. The first-order valence-corrected chi connectivity index (χ1v) is 11.5. The van der Waals surface area contributed by atoms with E-state index in [-0.39, 0.29) is 11.6 Å². The van der Waals surface area contributed by atoms with Crippen molar-refractivity contribution in [3.63, 3.8) is 0 Å². The van der Waals surface area contributed by atoms with E-state index in [0.29, 0.717) is 23.4 Å². The predicted octanol–water partition coefficient (Wildman–Crippen LogP) is 2.89. The summed E-state index contributed by atoms with van der Waals surface area (Å²) in [5.41, 5.74) is 0.676. The normalized spacial score (nSPS) is 14.0. The second-order valence-corrected chi connectivity index (χ2v) is 9.21. The van der Waals surface area contributed by atoms with Crippen LogP contribution in [0.3, 0.4) is 0 Å². The van der Waals surface area contributed by atoms with Crippen LogP contribution in [0.5, 0.6) is 0 Å². The molecule has 2 heterocycles. The molecule has 0 saturated heterocycles. The Kier molecular flexibility index (Phi) is 6.59. The molecule has 0 fully saturated rings. The van der Waals surface area contributed by atoms with Crippen LogP contribution in [-0.2, 0) is 9.09 Å². The zero-order valence-corrected chi connectivity index (χ0v) is 17.8. The quantitative estimate of drug-likeness (QED) is 0.562. The molecular formula is C21H23N4O4P. The third-order valence-electron chi connectivity index (χ3n) is 4.54. The van der Waals surface area contributed by atoms with Crippen molar-refractivity contribution in [3.8, 4) is 11.5 Å². The standard InChI is InChI=1S/C21H23N4O4P/c1-4-29-30(3,28)16-10-8-15(9-11-16)14(2)24-20(26)17-13-23-19(25-21(17)27)18-7-5-6-12-22-18/h5-14H,4H2,1-3H3,(H,24,26)(H,23,25,27)/t14-,30?/m1/s1. The highest BCUT2D eigenvalue weighted by molar-refractivity contribution is 7.66. The number of rotatable bonds is 7. The second kappa shape index (κ2) is 9.15. The van der Waals surface area contributed by atoms with Crippen LogP contribution in [0.25, 0.3) is 11.5 Å². The van der Waals surface area contributed by atoms with E-state index in [4.69, 9.17) is 4.52 Å². The van der Waals surface area contributed by atoms with Crippen LogP contribution >= 0.6 is 7.37 Å². The van der Waals surface area contributed by atoms with Crippen LogP contribution in [0.1, 0.15) is 35.8 Å². The largest absolute Gasteiger partial charge is 0.345 e. The Morgan fingerprint density at radius 1 is 1.20 bits per heavy atom. The monoisotopic (exact) mass is 426 g/mol. The first-order valence-electron chi connectivity index (χ1n) is 9.46. The van der Waals surface area contributed by atoms with Crippen molar-refractivity contribution in [2.45, 2.75) is 19.9 Å². The van der Waals surface area contributed by atoms with Crippen LogP contribution in [0.15, 0.2) is 59.7 Å². The van der Waals surface area contributed by atoms with E-state index in [1.807, 2.05) is 0 Å². The van der Waals surface area contributed by atoms with Crippen molar-refractivity contribution >= 4 is 18.6 Å². The Labute approximate surface area is 174 Å². The molecule has 2 N–H and O–H groups in total. The number of nitrogens with one attached hydrogen (secondary N) is 2. The van der Waals surface area contributed by atoms with Gasteiger partial charge in [0.25, 0.3) is 11.5 Å². The van der Waals surface area contributed by atoms with Gasteiger partial charge in [-0.3, -0.25) is 19.1 Å². The van der Waals surface area contributed by atoms with Crippen molar-refractivity contribution in [2.24, 2.45) is 0 Å². The zero-order chi connectivity index (χ0) is 21.7. The Hall–Kier alpha value is -3.09. The molecule has 1 unspecified atom stereocenters. The van der Waals surface area contributed by atoms with Crippen LogP contribution in [-0.4, -0.2) is 34.1 Å². The number of hydrogen-bond donors (Lipinski definition) is 2. The molecule has 0 saturated carbocycles. The third-order valence-corrected chi connectivity index (χ3v) is 6.52. The van der Waals surface area contributed by atoms with Gasteiger partial charge in [0, 0.05) is 24.4 Å². The lowest BCUT2D eigenvalue weighted by Crippen LogP contribution is -2.32. The number of aromatic amines is 1. The summed E-state index contributed by atoms with van der Waals surface area (Å²) in [6, 6.07) is 11.9. The maximum atomic E-state index is 12.6. The SMILES string of the molecule is CCOP(C)(=O)c1ccc([C@@H](C)NC(=O)c2cnc(-c3ccccn3)[nH]c2=O)cc1. The number of carbonyl (C=O) groups excluding carboxylic acids is 1. The van der Waals surface area contributed by atoms with Gasteiger partial charge < -0.3 is 14.8 Å². The summed E-state index contributed by atoms with van der Waals surface area (Å²) in [6.45, 7) is 5.53. The lowest BCUT2D eigenvalue weighted by molar-refractivity contribution is 0.0938. The maximum absolute atomic E-state index is 12.6. The summed E-state index contributed by atoms with van der Waals surface area (Å²) in [7, 11) is -2.85. The van der Waals surface area contributed by atoms with Gasteiger partial charge in [-0.05, 0) is 43.7 Å². The van der Waals surface area contributed by atoms with Gasteiger partial charge in [0.15, 0.2) is 5.82 Å². The molecule has 0 aliphatic rings. The first kappa shape index (κ1) is 21.6. The van der Waals surface area contributed by atoms with E-state index >= 15 is 0 Å².